The van der Waals surface area contributed by atoms with E-state index in [9.17, 15) is 4.79 Å². The zero-order valence-electron chi connectivity index (χ0n) is 7.69. The molecule has 3 N–H and O–H groups in total. The van der Waals surface area contributed by atoms with E-state index in [1.54, 1.807) is 23.9 Å². The van der Waals surface area contributed by atoms with Gasteiger partial charge in [-0.2, -0.15) is 0 Å². The lowest BCUT2D eigenvalue weighted by molar-refractivity contribution is 0.0699. The van der Waals surface area contributed by atoms with Gasteiger partial charge in [0.25, 0.3) is 0 Å². The molecule has 0 aliphatic heterocycles. The van der Waals surface area contributed by atoms with Crippen molar-refractivity contribution in [2.75, 3.05) is 5.73 Å². The molecule has 0 unspecified atom stereocenters. The Kier molecular flexibility index (Phi) is 1.70. The zero-order chi connectivity index (χ0) is 10.3. The first-order valence-electron chi connectivity index (χ1n) is 4.18. The number of hydrogen-bond acceptors (Lipinski definition) is 2. The van der Waals surface area contributed by atoms with E-state index in [0.717, 1.165) is 5.52 Å². The molecule has 1 aromatic carbocycles. The molecule has 72 valence electrons. The molecule has 2 rings (SSSR count). The molecule has 14 heavy (non-hydrogen) atoms. The molecule has 1 heterocycles. The van der Waals surface area contributed by atoms with Crippen LogP contribution in [0.15, 0.2) is 24.4 Å². The van der Waals surface area contributed by atoms with Gasteiger partial charge in [-0.1, -0.05) is 6.07 Å². The van der Waals surface area contributed by atoms with Gasteiger partial charge in [-0.15, -0.1) is 0 Å². The maximum absolute atomic E-state index is 10.9. The summed E-state index contributed by atoms with van der Waals surface area (Å²) in [7, 11) is 1.80. The van der Waals surface area contributed by atoms with E-state index in [4.69, 9.17) is 10.8 Å². The molecule has 0 spiro atoms. The van der Waals surface area contributed by atoms with Crippen molar-refractivity contribution in [2.24, 2.45) is 7.05 Å². The van der Waals surface area contributed by atoms with E-state index in [-0.39, 0.29) is 5.56 Å². The monoisotopic (exact) mass is 190 g/mol. The van der Waals surface area contributed by atoms with Crippen molar-refractivity contribution in [2.45, 2.75) is 0 Å². The van der Waals surface area contributed by atoms with Crippen molar-refractivity contribution < 1.29 is 9.90 Å². The largest absolute Gasteiger partial charge is 0.478 e. The summed E-state index contributed by atoms with van der Waals surface area (Å²) in [5, 5.41) is 9.57. The van der Waals surface area contributed by atoms with Gasteiger partial charge < -0.3 is 15.4 Å². The fourth-order valence-corrected chi connectivity index (χ4v) is 1.63. The molecule has 0 aliphatic carbocycles. The van der Waals surface area contributed by atoms with Gasteiger partial charge in [0, 0.05) is 24.3 Å². The number of rotatable bonds is 1. The van der Waals surface area contributed by atoms with Crippen molar-refractivity contribution in [3.05, 3.63) is 30.0 Å². The molecule has 0 atom stereocenters. The summed E-state index contributed by atoms with van der Waals surface area (Å²) in [5.74, 6) is -0.950. The minimum absolute atomic E-state index is 0.251. The maximum Gasteiger partial charge on any atom is 0.337 e. The molecule has 4 nitrogen and oxygen atoms in total. The number of nitrogens with zero attached hydrogens (tertiary/aromatic N) is 1. The van der Waals surface area contributed by atoms with Gasteiger partial charge in [-0.3, -0.25) is 0 Å². The van der Waals surface area contributed by atoms with Crippen molar-refractivity contribution >= 4 is 22.6 Å². The smallest absolute Gasteiger partial charge is 0.337 e. The Morgan fingerprint density at radius 3 is 2.86 bits per heavy atom. The predicted octanol–water partition coefficient (Wildman–Crippen LogP) is 1.46. The molecule has 0 amide bonds. The van der Waals surface area contributed by atoms with E-state index >= 15 is 0 Å². The summed E-state index contributed by atoms with van der Waals surface area (Å²) >= 11 is 0. The van der Waals surface area contributed by atoms with Crippen LogP contribution in [-0.2, 0) is 7.05 Å². The highest BCUT2D eigenvalue weighted by atomic mass is 16.4. The van der Waals surface area contributed by atoms with Crippen LogP contribution >= 0.6 is 0 Å². The third-order valence-electron chi connectivity index (χ3n) is 2.28. The van der Waals surface area contributed by atoms with Crippen LogP contribution in [0.3, 0.4) is 0 Å². The highest BCUT2D eigenvalue weighted by Gasteiger charge is 2.14. The lowest BCUT2D eigenvalue weighted by Crippen LogP contribution is -1.96. The number of benzene rings is 1. The first kappa shape index (κ1) is 8.62. The first-order valence-corrected chi connectivity index (χ1v) is 4.18. The van der Waals surface area contributed by atoms with Crippen LogP contribution in [0.1, 0.15) is 10.4 Å². The number of hydrogen-bond donors (Lipinski definition) is 2. The number of aromatic carboxylic acids is 1. The number of aryl methyl sites for hydroxylation is 1. The molecule has 0 saturated carbocycles. The Morgan fingerprint density at radius 1 is 1.50 bits per heavy atom. The van der Waals surface area contributed by atoms with Crippen molar-refractivity contribution in [1.82, 2.24) is 4.57 Å². The molecule has 4 heteroatoms. The molecule has 0 bridgehead atoms. The summed E-state index contributed by atoms with van der Waals surface area (Å²) in [6, 6.07) is 5.36. The van der Waals surface area contributed by atoms with E-state index < -0.39 is 5.97 Å². The van der Waals surface area contributed by atoms with Gasteiger partial charge in [0.2, 0.25) is 0 Å². The molecular formula is C10H10N2O2. The van der Waals surface area contributed by atoms with Crippen LogP contribution in [0.25, 0.3) is 10.9 Å². The van der Waals surface area contributed by atoms with E-state index in [1.165, 1.54) is 0 Å². The van der Waals surface area contributed by atoms with E-state index in [2.05, 4.69) is 0 Å². The fraction of sp³-hybridized carbons (Fsp3) is 0.100. The van der Waals surface area contributed by atoms with Gasteiger partial charge in [-0.25, -0.2) is 4.79 Å². The number of fused-ring (bicyclic) bond motifs is 1. The Hall–Kier alpha value is -1.97. The maximum atomic E-state index is 10.9. The van der Waals surface area contributed by atoms with Crippen molar-refractivity contribution in [3.8, 4) is 0 Å². The van der Waals surface area contributed by atoms with Crippen LogP contribution in [0.4, 0.5) is 5.69 Å². The highest BCUT2D eigenvalue weighted by Crippen LogP contribution is 2.26. The van der Waals surface area contributed by atoms with Crippen LogP contribution in [-0.4, -0.2) is 15.6 Å². The normalized spacial score (nSPS) is 10.6. The molecule has 0 fully saturated rings. The second-order valence-corrected chi connectivity index (χ2v) is 3.20. The SMILES string of the molecule is Cn1cc(C(=O)O)c2c(N)cccc21. The minimum atomic E-state index is -0.950. The summed E-state index contributed by atoms with van der Waals surface area (Å²) in [6.07, 6.45) is 1.57. The lowest BCUT2D eigenvalue weighted by Gasteiger charge is -1.98. The number of aromatic nitrogens is 1. The number of carboxylic acid groups (broad SMARTS) is 1. The Balaban J connectivity index is 2.93. The standard InChI is InChI=1S/C10H10N2O2/c1-12-5-6(10(13)14)9-7(11)3-2-4-8(9)12/h2-5H,11H2,1H3,(H,13,14). The van der Waals surface area contributed by atoms with Crippen molar-refractivity contribution in [3.63, 3.8) is 0 Å². The minimum Gasteiger partial charge on any atom is -0.478 e. The molecule has 2 aromatic rings. The second-order valence-electron chi connectivity index (χ2n) is 3.20. The Labute approximate surface area is 80.6 Å². The number of nitrogens with two attached hydrogens (primary N) is 1. The van der Waals surface area contributed by atoms with Crippen LogP contribution < -0.4 is 5.73 Å². The van der Waals surface area contributed by atoms with Crippen LogP contribution in [0, 0.1) is 0 Å². The summed E-state index contributed by atoms with van der Waals surface area (Å²) in [5.41, 5.74) is 7.32. The van der Waals surface area contributed by atoms with Gasteiger partial charge in [0.1, 0.15) is 0 Å². The van der Waals surface area contributed by atoms with Gasteiger partial charge in [0.15, 0.2) is 0 Å². The number of anilines is 1. The highest BCUT2D eigenvalue weighted by molar-refractivity contribution is 6.08. The molecule has 1 aromatic heterocycles. The van der Waals surface area contributed by atoms with Gasteiger partial charge in [-0.05, 0) is 12.1 Å². The van der Waals surface area contributed by atoms with Gasteiger partial charge in [0.05, 0.1) is 11.1 Å². The molecular weight excluding hydrogens is 180 g/mol. The third kappa shape index (κ3) is 1.04. The zero-order valence-corrected chi connectivity index (χ0v) is 7.69. The average Bonchev–Trinajstić information content (AvgIpc) is 2.46. The first-order chi connectivity index (χ1) is 6.61. The lowest BCUT2D eigenvalue weighted by atomic mass is 10.1. The summed E-state index contributed by atoms with van der Waals surface area (Å²) in [6.45, 7) is 0. The van der Waals surface area contributed by atoms with Crippen molar-refractivity contribution in [1.29, 1.82) is 0 Å². The number of carboxylic acids is 1. The quantitative estimate of drug-likeness (QED) is 0.669. The average molecular weight is 190 g/mol. The molecule has 0 aliphatic rings. The van der Waals surface area contributed by atoms with Crippen LogP contribution in [0.5, 0.6) is 0 Å². The van der Waals surface area contributed by atoms with E-state index in [1.807, 2.05) is 12.1 Å². The summed E-state index contributed by atoms with van der Waals surface area (Å²) in [4.78, 5) is 10.9. The summed E-state index contributed by atoms with van der Waals surface area (Å²) < 4.78 is 1.76. The molecule has 0 radical (unpaired) electrons. The Bertz CT molecular complexity index is 514. The predicted molar refractivity (Wildman–Crippen MR) is 54.3 cm³/mol. The Morgan fingerprint density at radius 2 is 2.21 bits per heavy atom. The number of nitrogen functional groups attached to an aromatic ring is 1. The topological polar surface area (TPSA) is 68.2 Å². The van der Waals surface area contributed by atoms with Crippen LogP contribution in [0.2, 0.25) is 0 Å². The molecule has 0 saturated heterocycles. The third-order valence-corrected chi connectivity index (χ3v) is 2.28. The van der Waals surface area contributed by atoms with E-state index in [0.29, 0.717) is 11.1 Å². The number of carbonyl (C=O) groups is 1. The van der Waals surface area contributed by atoms with Gasteiger partial charge >= 0.3 is 5.97 Å². The fourth-order valence-electron chi connectivity index (χ4n) is 1.63. The second kappa shape index (κ2) is 2.77.